The van der Waals surface area contributed by atoms with E-state index >= 15 is 0 Å². The van der Waals surface area contributed by atoms with Crippen molar-refractivity contribution in [3.05, 3.63) is 45.1 Å². The second-order valence-electron chi connectivity index (χ2n) is 4.57. The molecule has 22 heavy (non-hydrogen) atoms. The predicted molar refractivity (Wildman–Crippen MR) is 81.1 cm³/mol. The Morgan fingerprint density at radius 3 is 2.77 bits per heavy atom. The van der Waals surface area contributed by atoms with E-state index in [-0.39, 0.29) is 10.7 Å². The molecule has 2 rings (SSSR count). The number of nitrogens with zero attached hydrogens (tertiary/aromatic N) is 1. The number of thiocarbonyl (C=S) groups is 1. The molecule has 1 aromatic carbocycles. The molecule has 0 aromatic heterocycles. The summed E-state index contributed by atoms with van der Waals surface area (Å²) in [6, 6.07) is 3.16. The van der Waals surface area contributed by atoms with Gasteiger partial charge in [0, 0.05) is 11.8 Å². The van der Waals surface area contributed by atoms with Gasteiger partial charge in [-0.1, -0.05) is 6.07 Å². The minimum absolute atomic E-state index is 0.260. The first-order valence-corrected chi connectivity index (χ1v) is 6.60. The fourth-order valence-corrected chi connectivity index (χ4v) is 2.46. The van der Waals surface area contributed by atoms with Crippen molar-refractivity contribution < 1.29 is 19.6 Å². The van der Waals surface area contributed by atoms with Crippen molar-refractivity contribution in [3.8, 4) is 5.75 Å². The maximum absolute atomic E-state index is 12.0. The van der Waals surface area contributed by atoms with Crippen molar-refractivity contribution in [2.75, 3.05) is 7.11 Å². The lowest BCUT2D eigenvalue weighted by molar-refractivity contribution is -0.385. The number of hydrogen-bond acceptors (Lipinski definition) is 6. The Balaban J connectivity index is 2.55. The van der Waals surface area contributed by atoms with Gasteiger partial charge in [-0.05, 0) is 30.8 Å². The topological polar surface area (TPSA) is 114 Å². The van der Waals surface area contributed by atoms with Crippen LogP contribution in [-0.2, 0) is 9.53 Å². The molecule has 0 saturated heterocycles. The number of phenolic OH excluding ortho intramolecular Hbond substituents is 1. The van der Waals surface area contributed by atoms with E-state index in [0.717, 1.165) is 0 Å². The van der Waals surface area contributed by atoms with Crippen LogP contribution in [0.4, 0.5) is 5.69 Å². The smallest absolute Gasteiger partial charge is 0.337 e. The van der Waals surface area contributed by atoms with Crippen LogP contribution in [0.3, 0.4) is 0 Å². The van der Waals surface area contributed by atoms with Crippen molar-refractivity contribution in [2.24, 2.45) is 0 Å². The molecule has 0 amide bonds. The molecule has 1 aliphatic rings. The molecule has 1 unspecified atom stereocenters. The minimum atomic E-state index is -0.708. The van der Waals surface area contributed by atoms with E-state index < -0.39 is 28.4 Å². The number of carbonyl (C=O) groups excluding carboxylic acids is 1. The number of carbonyl (C=O) groups is 1. The number of nitrogens with one attached hydrogen (secondary N) is 2. The molecule has 1 aliphatic heterocycles. The van der Waals surface area contributed by atoms with Crippen LogP contribution in [0.5, 0.6) is 5.75 Å². The molecule has 116 valence electrons. The van der Waals surface area contributed by atoms with Gasteiger partial charge in [0.05, 0.1) is 23.6 Å². The molecule has 1 heterocycles. The number of nitro groups is 1. The summed E-state index contributed by atoms with van der Waals surface area (Å²) in [6.07, 6.45) is 0. The monoisotopic (exact) mass is 323 g/mol. The van der Waals surface area contributed by atoms with E-state index in [1.165, 1.54) is 25.3 Å². The Morgan fingerprint density at radius 1 is 1.50 bits per heavy atom. The van der Waals surface area contributed by atoms with E-state index in [9.17, 15) is 20.0 Å². The Hall–Kier alpha value is -2.68. The van der Waals surface area contributed by atoms with Gasteiger partial charge < -0.3 is 20.5 Å². The second-order valence-corrected chi connectivity index (χ2v) is 4.98. The van der Waals surface area contributed by atoms with Gasteiger partial charge in [-0.3, -0.25) is 10.1 Å². The van der Waals surface area contributed by atoms with Crippen LogP contribution in [0.15, 0.2) is 29.5 Å². The van der Waals surface area contributed by atoms with Gasteiger partial charge in [0.2, 0.25) is 0 Å². The van der Waals surface area contributed by atoms with Gasteiger partial charge >= 0.3 is 11.7 Å². The van der Waals surface area contributed by atoms with Crippen molar-refractivity contribution >= 4 is 29.0 Å². The molecular weight excluding hydrogens is 310 g/mol. The summed E-state index contributed by atoms with van der Waals surface area (Å²) in [5.41, 5.74) is 0.714. The number of benzene rings is 1. The highest BCUT2D eigenvalue weighted by molar-refractivity contribution is 7.80. The largest absolute Gasteiger partial charge is 0.502 e. The lowest BCUT2D eigenvalue weighted by Crippen LogP contribution is -2.45. The van der Waals surface area contributed by atoms with Gasteiger partial charge in [-0.25, -0.2) is 4.79 Å². The summed E-state index contributed by atoms with van der Waals surface area (Å²) >= 11 is 5.05. The maximum Gasteiger partial charge on any atom is 0.337 e. The van der Waals surface area contributed by atoms with Crippen molar-refractivity contribution in [2.45, 2.75) is 13.0 Å². The third kappa shape index (κ3) is 2.84. The molecule has 0 bridgehead atoms. The van der Waals surface area contributed by atoms with Crippen molar-refractivity contribution in [1.82, 2.24) is 10.6 Å². The van der Waals surface area contributed by atoms with Crippen LogP contribution >= 0.6 is 12.2 Å². The van der Waals surface area contributed by atoms with Gasteiger partial charge in [-0.2, -0.15) is 0 Å². The number of rotatable bonds is 3. The molecule has 1 atom stereocenters. The molecule has 3 N–H and O–H groups in total. The molecule has 0 fully saturated rings. The molecule has 0 spiro atoms. The Bertz CT molecular complexity index is 701. The average Bonchev–Trinajstić information content (AvgIpc) is 2.46. The van der Waals surface area contributed by atoms with Crippen molar-refractivity contribution in [3.63, 3.8) is 0 Å². The Morgan fingerprint density at radius 2 is 2.18 bits per heavy atom. The highest BCUT2D eigenvalue weighted by Gasteiger charge is 2.31. The number of aromatic hydroxyl groups is 1. The molecule has 0 saturated carbocycles. The summed E-state index contributed by atoms with van der Waals surface area (Å²) in [7, 11) is 1.24. The number of hydrogen-bond donors (Lipinski definition) is 3. The summed E-state index contributed by atoms with van der Waals surface area (Å²) in [4.78, 5) is 22.2. The number of allylic oxidation sites excluding steroid dienone is 1. The first kappa shape index (κ1) is 15.7. The zero-order valence-electron chi connectivity index (χ0n) is 11.7. The van der Waals surface area contributed by atoms with Gasteiger partial charge in [-0.15, -0.1) is 0 Å². The Labute approximate surface area is 130 Å². The molecule has 1 aromatic rings. The number of esters is 1. The van der Waals surface area contributed by atoms with E-state index in [4.69, 9.17) is 17.0 Å². The third-order valence-corrected chi connectivity index (χ3v) is 3.42. The van der Waals surface area contributed by atoms with Crippen molar-refractivity contribution in [1.29, 1.82) is 0 Å². The maximum atomic E-state index is 12.0. The third-order valence-electron chi connectivity index (χ3n) is 3.20. The zero-order chi connectivity index (χ0) is 16.4. The highest BCUT2D eigenvalue weighted by Crippen LogP contribution is 2.33. The van der Waals surface area contributed by atoms with Crippen LogP contribution in [0, 0.1) is 10.1 Å². The van der Waals surface area contributed by atoms with Gasteiger partial charge in [0.25, 0.3) is 0 Å². The summed E-state index contributed by atoms with van der Waals surface area (Å²) < 4.78 is 4.75. The second kappa shape index (κ2) is 5.98. The molecule has 8 nitrogen and oxygen atoms in total. The van der Waals surface area contributed by atoms with Crippen LogP contribution in [0.25, 0.3) is 0 Å². The SMILES string of the molecule is COC(=O)C1=C(C)NC(=S)NC1c1ccc(O)c([N+](=O)[O-])c1. The van der Waals surface area contributed by atoms with Crippen LogP contribution < -0.4 is 10.6 Å². The fourth-order valence-electron chi connectivity index (χ4n) is 2.19. The predicted octanol–water partition coefficient (Wildman–Crippen LogP) is 1.27. The van der Waals surface area contributed by atoms with Gasteiger partial charge in [0.1, 0.15) is 0 Å². The Kier molecular flexibility index (Phi) is 4.27. The zero-order valence-corrected chi connectivity index (χ0v) is 12.6. The molecule has 0 aliphatic carbocycles. The normalized spacial score (nSPS) is 17.5. The fraction of sp³-hybridized carbons (Fsp3) is 0.231. The first-order valence-electron chi connectivity index (χ1n) is 6.19. The molecule has 9 heteroatoms. The van der Waals surface area contributed by atoms with E-state index in [1.807, 2.05) is 0 Å². The summed E-state index contributed by atoms with van der Waals surface area (Å²) in [5.74, 6) is -1.04. The van der Waals surface area contributed by atoms with E-state index in [0.29, 0.717) is 11.3 Å². The summed E-state index contributed by atoms with van der Waals surface area (Å²) in [6.45, 7) is 1.65. The lowest BCUT2D eigenvalue weighted by Gasteiger charge is -2.29. The average molecular weight is 323 g/mol. The van der Waals surface area contributed by atoms with Crippen LogP contribution in [-0.4, -0.2) is 28.2 Å². The number of ether oxygens (including phenoxy) is 1. The van der Waals surface area contributed by atoms with Crippen LogP contribution in [0.2, 0.25) is 0 Å². The first-order chi connectivity index (χ1) is 10.3. The lowest BCUT2D eigenvalue weighted by atomic mass is 9.95. The molecule has 0 radical (unpaired) electrons. The summed E-state index contributed by atoms with van der Waals surface area (Å²) in [5, 5.41) is 26.4. The van der Waals surface area contributed by atoms with Crippen LogP contribution in [0.1, 0.15) is 18.5 Å². The minimum Gasteiger partial charge on any atom is -0.502 e. The van der Waals surface area contributed by atoms with E-state index in [2.05, 4.69) is 10.6 Å². The number of methoxy groups -OCH3 is 1. The van der Waals surface area contributed by atoms with E-state index in [1.54, 1.807) is 6.92 Å². The highest BCUT2D eigenvalue weighted by atomic mass is 32.1. The number of phenols is 1. The standard InChI is InChI=1S/C13H13N3O5S/c1-6-10(12(18)21-2)11(15-13(22)14-6)7-3-4-9(17)8(5-7)16(19)20/h3-5,11,17H,1-2H3,(H2,14,15,22). The molecular formula is C13H13N3O5S. The quantitative estimate of drug-likeness (QED) is 0.330. The number of nitro benzene ring substituents is 1. The van der Waals surface area contributed by atoms with Gasteiger partial charge in [0.15, 0.2) is 10.9 Å².